The van der Waals surface area contributed by atoms with Gasteiger partial charge in [-0.3, -0.25) is 4.79 Å². The highest BCUT2D eigenvalue weighted by Gasteiger charge is 1.95. The zero-order valence-electron chi connectivity index (χ0n) is 4.61. The fourth-order valence-corrected chi connectivity index (χ4v) is 0.455. The first-order valence-electron chi connectivity index (χ1n) is 2.35. The Hall–Kier alpha value is -1.56. The highest BCUT2D eigenvalue weighted by molar-refractivity contribution is 5.94. The van der Waals surface area contributed by atoms with E-state index < -0.39 is 5.91 Å². The maximum Gasteiger partial charge on any atom is 0.322 e. The number of carbonyl (C=O) groups excluding carboxylic acids is 1. The standard InChI is InChI=1S/C6H4N2O/c1-2-6(9)8-5-3-4-7-8/h1,3-5H. The fraction of sp³-hybridized carbons (Fsp3) is 0. The second kappa shape index (κ2) is 2.14. The monoisotopic (exact) mass is 120 g/mol. The summed E-state index contributed by atoms with van der Waals surface area (Å²) in [7, 11) is 0. The molecular formula is C6H4N2O. The number of carbonyl (C=O) groups is 1. The third-order valence-electron chi connectivity index (χ3n) is 0.836. The summed E-state index contributed by atoms with van der Waals surface area (Å²) in [6.45, 7) is 0. The largest absolute Gasteiger partial charge is 0.322 e. The van der Waals surface area contributed by atoms with Crippen LogP contribution < -0.4 is 0 Å². The molecule has 0 bridgehead atoms. The number of hydrogen-bond donors (Lipinski definition) is 0. The first-order chi connectivity index (χ1) is 4.34. The smallest absolute Gasteiger partial charge is 0.257 e. The van der Waals surface area contributed by atoms with Crippen LogP contribution in [0.25, 0.3) is 0 Å². The van der Waals surface area contributed by atoms with Crippen molar-refractivity contribution >= 4 is 5.91 Å². The lowest BCUT2D eigenvalue weighted by atomic mass is 10.6. The third kappa shape index (κ3) is 0.970. The molecule has 0 saturated heterocycles. The van der Waals surface area contributed by atoms with Gasteiger partial charge in [0.1, 0.15) is 0 Å². The molecule has 0 atom stereocenters. The first kappa shape index (κ1) is 5.57. The van der Waals surface area contributed by atoms with E-state index in [2.05, 4.69) is 5.10 Å². The average Bonchev–Trinajstić information content (AvgIpc) is 2.37. The number of nitrogens with zero attached hydrogens (tertiary/aromatic N) is 2. The first-order valence-corrected chi connectivity index (χ1v) is 2.35. The van der Waals surface area contributed by atoms with Crippen molar-refractivity contribution in [2.45, 2.75) is 0 Å². The van der Waals surface area contributed by atoms with Crippen LogP contribution in [0.2, 0.25) is 0 Å². The lowest BCUT2D eigenvalue weighted by Crippen LogP contribution is -2.06. The summed E-state index contributed by atoms with van der Waals surface area (Å²) in [5.74, 6) is 1.48. The predicted molar refractivity (Wildman–Crippen MR) is 31.7 cm³/mol. The number of terminal acetylenes is 1. The van der Waals surface area contributed by atoms with Gasteiger partial charge in [0, 0.05) is 12.4 Å². The van der Waals surface area contributed by atoms with Crippen LogP contribution in [-0.2, 0) is 0 Å². The van der Waals surface area contributed by atoms with E-state index in [0.717, 1.165) is 4.68 Å². The van der Waals surface area contributed by atoms with Gasteiger partial charge in [-0.1, -0.05) is 0 Å². The van der Waals surface area contributed by atoms with E-state index in [0.29, 0.717) is 0 Å². The Labute approximate surface area is 52.3 Å². The van der Waals surface area contributed by atoms with Crippen molar-refractivity contribution < 1.29 is 4.79 Å². The summed E-state index contributed by atoms with van der Waals surface area (Å²) < 4.78 is 1.10. The number of aromatic nitrogens is 2. The van der Waals surface area contributed by atoms with E-state index in [-0.39, 0.29) is 0 Å². The molecule has 0 fully saturated rings. The summed E-state index contributed by atoms with van der Waals surface area (Å²) in [5.41, 5.74) is 0. The van der Waals surface area contributed by atoms with Crippen molar-refractivity contribution in [2.75, 3.05) is 0 Å². The maximum absolute atomic E-state index is 10.5. The SMILES string of the molecule is C#CC(=O)n1cccn1. The molecule has 1 aromatic heterocycles. The van der Waals surface area contributed by atoms with E-state index >= 15 is 0 Å². The second-order valence-electron chi connectivity index (χ2n) is 1.40. The van der Waals surface area contributed by atoms with Gasteiger partial charge in [0.15, 0.2) is 0 Å². The van der Waals surface area contributed by atoms with Crippen LogP contribution in [0.4, 0.5) is 0 Å². The van der Waals surface area contributed by atoms with Crippen LogP contribution in [0.1, 0.15) is 4.79 Å². The predicted octanol–water partition coefficient (Wildman–Crippen LogP) is 0.156. The van der Waals surface area contributed by atoms with Gasteiger partial charge in [0.05, 0.1) is 0 Å². The summed E-state index contributed by atoms with van der Waals surface area (Å²) in [4.78, 5) is 10.5. The molecule has 3 nitrogen and oxygen atoms in total. The minimum atomic E-state index is -0.444. The van der Waals surface area contributed by atoms with Gasteiger partial charge in [-0.15, -0.1) is 6.42 Å². The molecule has 44 valence electrons. The third-order valence-corrected chi connectivity index (χ3v) is 0.836. The second-order valence-corrected chi connectivity index (χ2v) is 1.40. The van der Waals surface area contributed by atoms with E-state index in [4.69, 9.17) is 6.42 Å². The van der Waals surface area contributed by atoms with Crippen LogP contribution in [-0.4, -0.2) is 15.7 Å². The van der Waals surface area contributed by atoms with Gasteiger partial charge in [-0.2, -0.15) is 9.78 Å². The zero-order chi connectivity index (χ0) is 6.69. The molecule has 0 aromatic carbocycles. The van der Waals surface area contributed by atoms with Crippen LogP contribution in [0.3, 0.4) is 0 Å². The van der Waals surface area contributed by atoms with Crippen molar-refractivity contribution in [3.05, 3.63) is 18.5 Å². The highest BCUT2D eigenvalue weighted by Crippen LogP contribution is 1.81. The number of hydrogen-bond acceptors (Lipinski definition) is 2. The molecule has 1 heterocycles. The van der Waals surface area contributed by atoms with Gasteiger partial charge >= 0.3 is 5.91 Å². The van der Waals surface area contributed by atoms with Crippen molar-refractivity contribution in [3.8, 4) is 12.3 Å². The molecule has 0 saturated carbocycles. The topological polar surface area (TPSA) is 34.9 Å². The van der Waals surface area contributed by atoms with Crippen molar-refractivity contribution in [1.82, 2.24) is 9.78 Å². The van der Waals surface area contributed by atoms with Gasteiger partial charge in [0.2, 0.25) is 0 Å². The van der Waals surface area contributed by atoms with E-state index in [1.165, 1.54) is 12.4 Å². The Bertz CT molecular complexity index is 243. The van der Waals surface area contributed by atoms with Gasteiger partial charge < -0.3 is 0 Å². The molecule has 9 heavy (non-hydrogen) atoms. The zero-order valence-corrected chi connectivity index (χ0v) is 4.61. The van der Waals surface area contributed by atoms with E-state index in [9.17, 15) is 4.79 Å². The number of rotatable bonds is 0. The van der Waals surface area contributed by atoms with Crippen LogP contribution in [0.5, 0.6) is 0 Å². The van der Waals surface area contributed by atoms with Crippen molar-refractivity contribution in [1.29, 1.82) is 0 Å². The van der Waals surface area contributed by atoms with Crippen LogP contribution in [0.15, 0.2) is 18.5 Å². The molecule has 1 aromatic rings. The molecule has 0 radical (unpaired) electrons. The Balaban J connectivity index is 2.93. The van der Waals surface area contributed by atoms with Gasteiger partial charge in [-0.25, -0.2) is 0 Å². The van der Waals surface area contributed by atoms with Crippen LogP contribution >= 0.6 is 0 Å². The minimum absolute atomic E-state index is 0.444. The van der Waals surface area contributed by atoms with E-state index in [1.54, 1.807) is 6.07 Å². The van der Waals surface area contributed by atoms with Crippen LogP contribution in [0, 0.1) is 12.3 Å². The molecule has 0 aliphatic carbocycles. The quantitative estimate of drug-likeness (QED) is 0.457. The summed E-state index contributed by atoms with van der Waals surface area (Å²) >= 11 is 0. The van der Waals surface area contributed by atoms with Crippen molar-refractivity contribution in [3.63, 3.8) is 0 Å². The Kier molecular flexibility index (Phi) is 1.32. The molecule has 0 spiro atoms. The summed E-state index contributed by atoms with van der Waals surface area (Å²) in [5, 5.41) is 3.61. The fourth-order valence-electron chi connectivity index (χ4n) is 0.455. The normalized spacial score (nSPS) is 8.33. The molecule has 0 aliphatic rings. The Morgan fingerprint density at radius 1 is 1.78 bits per heavy atom. The maximum atomic E-state index is 10.5. The molecule has 3 heteroatoms. The average molecular weight is 120 g/mol. The molecule has 0 aliphatic heterocycles. The lowest BCUT2D eigenvalue weighted by Gasteiger charge is -1.86. The van der Waals surface area contributed by atoms with Crippen molar-refractivity contribution in [2.24, 2.45) is 0 Å². The Morgan fingerprint density at radius 2 is 2.56 bits per heavy atom. The van der Waals surface area contributed by atoms with Gasteiger partial charge in [0.25, 0.3) is 0 Å². The molecule has 1 rings (SSSR count). The summed E-state index contributed by atoms with van der Waals surface area (Å²) in [6, 6.07) is 1.63. The molecular weight excluding hydrogens is 116 g/mol. The van der Waals surface area contributed by atoms with E-state index in [1.807, 2.05) is 5.92 Å². The highest BCUT2D eigenvalue weighted by atomic mass is 16.2. The Morgan fingerprint density at radius 3 is 3.00 bits per heavy atom. The van der Waals surface area contributed by atoms with Gasteiger partial charge in [-0.05, 0) is 12.0 Å². The molecule has 0 N–H and O–H groups in total. The summed E-state index contributed by atoms with van der Waals surface area (Å²) in [6.07, 6.45) is 7.80. The lowest BCUT2D eigenvalue weighted by molar-refractivity contribution is 0.0965. The molecule has 0 unspecified atom stereocenters. The molecule has 0 amide bonds. The minimum Gasteiger partial charge on any atom is -0.257 e.